The van der Waals surface area contributed by atoms with Crippen LogP contribution in [-0.2, 0) is 24.4 Å². The van der Waals surface area contributed by atoms with Gasteiger partial charge in [-0.3, -0.25) is 0 Å². The summed E-state index contributed by atoms with van der Waals surface area (Å²) >= 11 is 0. The molecule has 6 nitrogen and oxygen atoms in total. The monoisotopic (exact) mass is 316 g/mol. The Morgan fingerprint density at radius 1 is 1.17 bits per heavy atom. The predicted octanol–water partition coefficient (Wildman–Crippen LogP) is -2.17. The summed E-state index contributed by atoms with van der Waals surface area (Å²) in [6.45, 7) is 4.51. The van der Waals surface area contributed by atoms with Crippen LogP contribution in [0.15, 0.2) is 46.4 Å². The summed E-state index contributed by atoms with van der Waals surface area (Å²) in [6, 6.07) is 4.40. The topological polar surface area (TPSA) is 101 Å². The minimum absolute atomic E-state index is 0. The van der Waals surface area contributed by atoms with E-state index in [9.17, 15) is 21.4 Å². The summed E-state index contributed by atoms with van der Waals surface area (Å²) in [5, 5.41) is 0. The summed E-state index contributed by atoms with van der Waals surface area (Å²) in [4.78, 5) is -1.54. The van der Waals surface area contributed by atoms with E-state index in [1.165, 1.54) is 19.1 Å². The molecule has 0 amide bonds. The van der Waals surface area contributed by atoms with Crippen LogP contribution in [0.25, 0.3) is 0 Å². The standard InChI is InChI=1S/C9H10O6S2.K/c1-7(2)15-17(13,14)9-6-4-3-5-8(9)16(10,11)12;/h3-6H,1H2,2H3,(H,10,11,12);/q;+1/p-1. The van der Waals surface area contributed by atoms with Gasteiger partial charge in [-0.25, -0.2) is 8.42 Å². The minimum Gasteiger partial charge on any atom is -0.744 e. The van der Waals surface area contributed by atoms with Crippen LogP contribution in [0.2, 0.25) is 0 Å². The van der Waals surface area contributed by atoms with Crippen molar-refractivity contribution >= 4 is 20.2 Å². The van der Waals surface area contributed by atoms with Crippen LogP contribution in [0.1, 0.15) is 6.92 Å². The summed E-state index contributed by atoms with van der Waals surface area (Å²) in [5.41, 5.74) is 0. The van der Waals surface area contributed by atoms with Gasteiger partial charge in [-0.05, 0) is 19.1 Å². The number of hydrogen-bond acceptors (Lipinski definition) is 6. The van der Waals surface area contributed by atoms with Gasteiger partial charge in [0.05, 0.1) is 4.90 Å². The summed E-state index contributed by atoms with van der Waals surface area (Å²) < 4.78 is 60.3. The Labute approximate surface area is 148 Å². The molecule has 0 saturated heterocycles. The van der Waals surface area contributed by atoms with Crippen molar-refractivity contribution in [3.63, 3.8) is 0 Å². The first-order chi connectivity index (χ1) is 7.64. The molecule has 0 aliphatic carbocycles. The van der Waals surface area contributed by atoms with Crippen molar-refractivity contribution in [2.75, 3.05) is 0 Å². The quantitative estimate of drug-likeness (QED) is 0.271. The normalized spacial score (nSPS) is 11.4. The maximum absolute atomic E-state index is 11.6. The van der Waals surface area contributed by atoms with Crippen LogP contribution in [0, 0.1) is 0 Å². The van der Waals surface area contributed by atoms with E-state index < -0.39 is 30.0 Å². The van der Waals surface area contributed by atoms with Crippen molar-refractivity contribution in [3.05, 3.63) is 36.6 Å². The molecule has 0 bridgehead atoms. The predicted molar refractivity (Wildman–Crippen MR) is 57.5 cm³/mol. The van der Waals surface area contributed by atoms with E-state index in [1.54, 1.807) is 0 Å². The first-order valence-electron chi connectivity index (χ1n) is 4.29. The fourth-order valence-electron chi connectivity index (χ4n) is 1.10. The van der Waals surface area contributed by atoms with E-state index >= 15 is 0 Å². The van der Waals surface area contributed by atoms with Crippen LogP contribution in [-0.4, -0.2) is 21.4 Å². The van der Waals surface area contributed by atoms with Gasteiger partial charge in [0.25, 0.3) is 0 Å². The van der Waals surface area contributed by atoms with E-state index in [1.807, 2.05) is 0 Å². The van der Waals surface area contributed by atoms with Gasteiger partial charge in [-0.2, -0.15) is 8.42 Å². The number of hydrogen-bond donors (Lipinski definition) is 0. The van der Waals surface area contributed by atoms with Gasteiger partial charge in [0, 0.05) is 0 Å². The molecule has 1 aromatic rings. The van der Waals surface area contributed by atoms with E-state index in [2.05, 4.69) is 10.8 Å². The van der Waals surface area contributed by atoms with Gasteiger partial charge in [0.2, 0.25) is 0 Å². The molecule has 0 aliphatic rings. The molecule has 0 atom stereocenters. The SMILES string of the molecule is C=C(C)OS(=O)(=O)c1ccccc1S(=O)(=O)[O-].[K+]. The van der Waals surface area contributed by atoms with Crippen LogP contribution in [0.4, 0.5) is 0 Å². The number of allylic oxidation sites excluding steroid dienone is 1. The maximum atomic E-state index is 11.6. The zero-order valence-corrected chi connectivity index (χ0v) is 14.5. The van der Waals surface area contributed by atoms with E-state index in [-0.39, 0.29) is 57.1 Å². The molecule has 0 heterocycles. The van der Waals surface area contributed by atoms with Crippen molar-refractivity contribution in [3.8, 4) is 0 Å². The van der Waals surface area contributed by atoms with Crippen LogP contribution in [0.3, 0.4) is 0 Å². The second-order valence-corrected chi connectivity index (χ2v) is 6.00. The third-order valence-electron chi connectivity index (χ3n) is 1.64. The van der Waals surface area contributed by atoms with Crippen molar-refractivity contribution in [1.29, 1.82) is 0 Å². The molecule has 0 unspecified atom stereocenters. The van der Waals surface area contributed by atoms with Crippen LogP contribution >= 0.6 is 0 Å². The smallest absolute Gasteiger partial charge is 0.744 e. The molecule has 1 aromatic carbocycles. The van der Waals surface area contributed by atoms with E-state index in [0.717, 1.165) is 12.1 Å². The third-order valence-corrected chi connectivity index (χ3v) is 4.06. The zero-order chi connectivity index (χ0) is 13.3. The molecular weight excluding hydrogens is 307 g/mol. The van der Waals surface area contributed by atoms with Crippen molar-refractivity contribution < 1.29 is 77.0 Å². The van der Waals surface area contributed by atoms with Crippen LogP contribution < -0.4 is 51.4 Å². The van der Waals surface area contributed by atoms with E-state index in [4.69, 9.17) is 0 Å². The molecule has 0 spiro atoms. The third kappa shape index (κ3) is 4.74. The summed E-state index contributed by atoms with van der Waals surface area (Å²) in [6.07, 6.45) is 0. The second kappa shape index (κ2) is 6.61. The Bertz CT molecular complexity index is 647. The fraction of sp³-hybridized carbons (Fsp3) is 0.111. The number of rotatable bonds is 4. The Morgan fingerprint density at radius 3 is 2.00 bits per heavy atom. The van der Waals surface area contributed by atoms with Gasteiger partial charge in [-0.15, -0.1) is 0 Å². The Kier molecular flexibility index (Phi) is 6.71. The van der Waals surface area contributed by atoms with Crippen molar-refractivity contribution in [1.82, 2.24) is 0 Å². The Morgan fingerprint density at radius 2 is 1.61 bits per heavy atom. The maximum Gasteiger partial charge on any atom is 1.00 e. The van der Waals surface area contributed by atoms with Gasteiger partial charge < -0.3 is 8.74 Å². The van der Waals surface area contributed by atoms with Crippen LogP contribution in [0.5, 0.6) is 0 Å². The molecule has 0 aromatic heterocycles. The summed E-state index contributed by atoms with van der Waals surface area (Å²) in [7, 11) is -9.24. The van der Waals surface area contributed by atoms with Crippen molar-refractivity contribution in [2.24, 2.45) is 0 Å². The average Bonchev–Trinajstić information content (AvgIpc) is 2.14. The molecule has 94 valence electrons. The average molecular weight is 316 g/mol. The zero-order valence-electron chi connectivity index (χ0n) is 9.78. The van der Waals surface area contributed by atoms with Gasteiger partial charge in [0.15, 0.2) is 0 Å². The molecule has 0 fully saturated rings. The molecule has 0 radical (unpaired) electrons. The molecular formula is C9H9KO6S2. The molecule has 0 aliphatic heterocycles. The van der Waals surface area contributed by atoms with Gasteiger partial charge in [-0.1, -0.05) is 18.7 Å². The molecule has 18 heavy (non-hydrogen) atoms. The Hall–Kier alpha value is 0.256. The largest absolute Gasteiger partial charge is 1.00 e. The fourth-order valence-corrected chi connectivity index (χ4v) is 3.29. The molecule has 9 heteroatoms. The molecule has 0 N–H and O–H groups in total. The van der Waals surface area contributed by atoms with Gasteiger partial charge >= 0.3 is 61.5 Å². The number of benzene rings is 1. The molecule has 1 rings (SSSR count). The van der Waals surface area contributed by atoms with E-state index in [0.29, 0.717) is 0 Å². The first-order valence-corrected chi connectivity index (χ1v) is 7.11. The second-order valence-electron chi connectivity index (χ2n) is 3.14. The van der Waals surface area contributed by atoms with Crippen molar-refractivity contribution in [2.45, 2.75) is 16.7 Å². The van der Waals surface area contributed by atoms with Gasteiger partial charge in [0.1, 0.15) is 20.8 Å². The molecule has 0 saturated carbocycles. The summed E-state index contributed by atoms with van der Waals surface area (Å²) in [5.74, 6) is -0.136. The minimum atomic E-state index is -4.89. The first kappa shape index (κ1) is 18.3. The Balaban J connectivity index is 0.00000289.